The monoisotopic (exact) mass is 281 g/mol. The molecule has 1 N–H and O–H groups in total. The van der Waals surface area contributed by atoms with Crippen LogP contribution in [0.2, 0.25) is 0 Å². The lowest BCUT2D eigenvalue weighted by atomic mass is 10.2. The van der Waals surface area contributed by atoms with E-state index in [4.69, 9.17) is 5.11 Å². The number of carboxylic acids is 1. The molecule has 0 aromatic carbocycles. The first kappa shape index (κ1) is 14.1. The number of hydrogen-bond donors (Lipinski definition) is 1. The van der Waals surface area contributed by atoms with Crippen molar-refractivity contribution in [3.63, 3.8) is 0 Å². The molecule has 19 heavy (non-hydrogen) atoms. The Bertz CT molecular complexity index is 469. The number of nitrogens with zero attached hydrogens (tertiary/aromatic N) is 1. The highest BCUT2D eigenvalue weighted by atomic mass is 32.1. The van der Waals surface area contributed by atoms with E-state index < -0.39 is 12.0 Å². The SMILES string of the molecule is Cc1ccc(CCCC(=O)N2CCCC2C(=O)O)s1. The highest BCUT2D eigenvalue weighted by Gasteiger charge is 2.33. The summed E-state index contributed by atoms with van der Waals surface area (Å²) < 4.78 is 0. The summed E-state index contributed by atoms with van der Waals surface area (Å²) in [5.74, 6) is -0.891. The number of likely N-dealkylation sites (tertiary alicyclic amines) is 1. The van der Waals surface area contributed by atoms with E-state index in [-0.39, 0.29) is 5.91 Å². The topological polar surface area (TPSA) is 57.6 Å². The Balaban J connectivity index is 1.79. The molecule has 4 nitrogen and oxygen atoms in total. The number of amides is 1. The summed E-state index contributed by atoms with van der Waals surface area (Å²) in [5.41, 5.74) is 0. The maximum Gasteiger partial charge on any atom is 0.326 e. The number of thiophene rings is 1. The number of rotatable bonds is 5. The first-order valence-corrected chi connectivity index (χ1v) is 7.47. The normalized spacial score (nSPS) is 18.8. The van der Waals surface area contributed by atoms with E-state index in [1.165, 1.54) is 14.7 Å². The van der Waals surface area contributed by atoms with Gasteiger partial charge in [0.1, 0.15) is 6.04 Å². The van der Waals surface area contributed by atoms with Crippen molar-refractivity contribution in [2.45, 2.75) is 45.1 Å². The largest absolute Gasteiger partial charge is 0.480 e. The van der Waals surface area contributed by atoms with Crippen LogP contribution in [-0.4, -0.2) is 34.5 Å². The second kappa shape index (κ2) is 6.19. The van der Waals surface area contributed by atoms with Gasteiger partial charge in [-0.25, -0.2) is 4.79 Å². The summed E-state index contributed by atoms with van der Waals surface area (Å²) >= 11 is 1.76. The molecule has 1 saturated heterocycles. The van der Waals surface area contributed by atoms with Crippen LogP contribution in [0.3, 0.4) is 0 Å². The molecule has 1 unspecified atom stereocenters. The highest BCUT2D eigenvalue weighted by Crippen LogP contribution is 2.21. The van der Waals surface area contributed by atoms with Crippen molar-refractivity contribution >= 4 is 23.2 Å². The van der Waals surface area contributed by atoms with Gasteiger partial charge < -0.3 is 10.0 Å². The molecule has 1 amide bonds. The first-order valence-electron chi connectivity index (χ1n) is 6.65. The molecule has 2 heterocycles. The quantitative estimate of drug-likeness (QED) is 0.902. The summed E-state index contributed by atoms with van der Waals surface area (Å²) in [4.78, 5) is 27.2. The zero-order chi connectivity index (χ0) is 13.8. The lowest BCUT2D eigenvalue weighted by Gasteiger charge is -2.21. The average Bonchev–Trinajstić information content (AvgIpc) is 2.97. The van der Waals surface area contributed by atoms with E-state index in [1.807, 2.05) is 0 Å². The fraction of sp³-hybridized carbons (Fsp3) is 0.571. The van der Waals surface area contributed by atoms with Crippen LogP contribution in [-0.2, 0) is 16.0 Å². The van der Waals surface area contributed by atoms with E-state index in [1.54, 1.807) is 11.3 Å². The highest BCUT2D eigenvalue weighted by molar-refractivity contribution is 7.11. The molecule has 1 aromatic heterocycles. The van der Waals surface area contributed by atoms with Gasteiger partial charge >= 0.3 is 5.97 Å². The molecule has 0 radical (unpaired) electrons. The summed E-state index contributed by atoms with van der Waals surface area (Å²) in [6.45, 7) is 2.66. The summed E-state index contributed by atoms with van der Waals surface area (Å²) in [5, 5.41) is 9.05. The Morgan fingerprint density at radius 2 is 2.26 bits per heavy atom. The van der Waals surface area contributed by atoms with Gasteiger partial charge in [-0.2, -0.15) is 0 Å². The predicted molar refractivity (Wildman–Crippen MR) is 74.4 cm³/mol. The second-order valence-corrected chi connectivity index (χ2v) is 6.32. The molecule has 0 bridgehead atoms. The summed E-state index contributed by atoms with van der Waals surface area (Å²) in [6, 6.07) is 3.58. The van der Waals surface area contributed by atoms with Gasteiger partial charge in [-0.1, -0.05) is 0 Å². The van der Waals surface area contributed by atoms with Gasteiger partial charge in [0.25, 0.3) is 0 Å². The van der Waals surface area contributed by atoms with Gasteiger partial charge in [0, 0.05) is 22.7 Å². The molecule has 1 atom stereocenters. The molecular weight excluding hydrogens is 262 g/mol. The minimum atomic E-state index is -0.875. The van der Waals surface area contributed by atoms with Gasteiger partial charge in [0.2, 0.25) is 5.91 Å². The van der Waals surface area contributed by atoms with Crippen LogP contribution in [0.4, 0.5) is 0 Å². The molecule has 1 fully saturated rings. The number of hydrogen-bond acceptors (Lipinski definition) is 3. The molecule has 1 aliphatic heterocycles. The van der Waals surface area contributed by atoms with Crippen LogP contribution in [0, 0.1) is 6.92 Å². The molecule has 104 valence electrons. The molecule has 0 saturated carbocycles. The van der Waals surface area contributed by atoms with Gasteiger partial charge in [-0.15, -0.1) is 11.3 Å². The van der Waals surface area contributed by atoms with Gasteiger partial charge in [0.15, 0.2) is 0 Å². The summed E-state index contributed by atoms with van der Waals surface area (Å²) in [6.07, 6.45) is 3.52. The third-order valence-corrected chi connectivity index (χ3v) is 4.53. The Labute approximate surface area is 117 Å². The summed E-state index contributed by atoms with van der Waals surface area (Å²) in [7, 11) is 0. The van der Waals surface area contributed by atoms with E-state index in [0.29, 0.717) is 19.4 Å². The zero-order valence-electron chi connectivity index (χ0n) is 11.1. The van der Waals surface area contributed by atoms with Crippen molar-refractivity contribution in [1.29, 1.82) is 0 Å². The van der Waals surface area contributed by atoms with Crippen molar-refractivity contribution < 1.29 is 14.7 Å². The van der Waals surface area contributed by atoms with Crippen LogP contribution in [0.1, 0.15) is 35.4 Å². The number of carbonyl (C=O) groups is 2. The standard InChI is InChI=1S/C14H19NO3S/c1-10-7-8-11(19-10)4-2-6-13(16)15-9-3-5-12(15)14(17)18/h7-8,12H,2-6,9H2,1H3,(H,17,18). The van der Waals surface area contributed by atoms with Gasteiger partial charge in [-0.3, -0.25) is 4.79 Å². The first-order chi connectivity index (χ1) is 9.08. The third kappa shape index (κ3) is 3.56. The van der Waals surface area contributed by atoms with E-state index in [2.05, 4.69) is 19.1 Å². The van der Waals surface area contributed by atoms with Crippen LogP contribution >= 0.6 is 11.3 Å². The fourth-order valence-corrected chi connectivity index (χ4v) is 3.43. The van der Waals surface area contributed by atoms with E-state index >= 15 is 0 Å². The zero-order valence-corrected chi connectivity index (χ0v) is 11.9. The Morgan fingerprint density at radius 1 is 1.47 bits per heavy atom. The molecule has 0 spiro atoms. The predicted octanol–water partition coefficient (Wildman–Crippen LogP) is 2.45. The van der Waals surface area contributed by atoms with Crippen LogP contribution in [0.25, 0.3) is 0 Å². The van der Waals surface area contributed by atoms with Crippen molar-refractivity contribution in [2.75, 3.05) is 6.54 Å². The lowest BCUT2D eigenvalue weighted by Crippen LogP contribution is -2.40. The molecule has 1 aliphatic rings. The smallest absolute Gasteiger partial charge is 0.326 e. The van der Waals surface area contributed by atoms with Crippen LogP contribution < -0.4 is 0 Å². The van der Waals surface area contributed by atoms with E-state index in [9.17, 15) is 9.59 Å². The number of aliphatic carboxylic acids is 1. The van der Waals surface area contributed by atoms with Crippen molar-refractivity contribution in [1.82, 2.24) is 4.90 Å². The van der Waals surface area contributed by atoms with Gasteiger partial charge in [0.05, 0.1) is 0 Å². The minimum absolute atomic E-state index is 0.0156. The molecule has 2 rings (SSSR count). The van der Waals surface area contributed by atoms with Crippen LogP contribution in [0.5, 0.6) is 0 Å². The lowest BCUT2D eigenvalue weighted by molar-refractivity contribution is -0.148. The molecule has 5 heteroatoms. The van der Waals surface area contributed by atoms with Crippen LogP contribution in [0.15, 0.2) is 12.1 Å². The van der Waals surface area contributed by atoms with Crippen molar-refractivity contribution in [3.8, 4) is 0 Å². The van der Waals surface area contributed by atoms with Crippen molar-refractivity contribution in [2.24, 2.45) is 0 Å². The van der Waals surface area contributed by atoms with Crippen molar-refractivity contribution in [3.05, 3.63) is 21.9 Å². The minimum Gasteiger partial charge on any atom is -0.480 e. The molecule has 1 aromatic rings. The number of carbonyl (C=O) groups excluding carboxylic acids is 1. The molecule has 0 aliphatic carbocycles. The second-order valence-electron chi connectivity index (χ2n) is 4.95. The maximum absolute atomic E-state index is 12.0. The van der Waals surface area contributed by atoms with Gasteiger partial charge in [-0.05, 0) is 44.7 Å². The fourth-order valence-electron chi connectivity index (χ4n) is 2.50. The Morgan fingerprint density at radius 3 is 2.89 bits per heavy atom. The Hall–Kier alpha value is -1.36. The Kier molecular flexibility index (Phi) is 4.58. The maximum atomic E-state index is 12.0. The average molecular weight is 281 g/mol. The third-order valence-electron chi connectivity index (χ3n) is 3.47. The van der Waals surface area contributed by atoms with E-state index in [0.717, 1.165) is 19.3 Å². The molecular formula is C14H19NO3S. The number of aryl methyl sites for hydroxylation is 2. The number of carboxylic acid groups (broad SMARTS) is 1.